The van der Waals surface area contributed by atoms with Crippen LogP contribution in [-0.4, -0.2) is 43.0 Å². The number of hydrogen-bond acceptors (Lipinski definition) is 5. The Morgan fingerprint density at radius 3 is 2.57 bits per heavy atom. The smallest absolute Gasteiger partial charge is 0.225 e. The number of amides is 1. The summed E-state index contributed by atoms with van der Waals surface area (Å²) in [5.41, 5.74) is 3.16. The molecule has 0 saturated carbocycles. The maximum Gasteiger partial charge on any atom is 0.225 e. The van der Waals surface area contributed by atoms with Crippen LogP contribution in [-0.2, 0) is 11.8 Å². The van der Waals surface area contributed by atoms with Crippen molar-refractivity contribution in [1.82, 2.24) is 20.4 Å². The molecule has 0 spiro atoms. The summed E-state index contributed by atoms with van der Waals surface area (Å²) < 4.78 is 12.5. The van der Waals surface area contributed by atoms with Gasteiger partial charge in [0.2, 0.25) is 5.91 Å². The first-order valence-corrected chi connectivity index (χ1v) is 9.16. The molecule has 0 aliphatic carbocycles. The lowest BCUT2D eigenvalue weighted by Crippen LogP contribution is -2.36. The van der Waals surface area contributed by atoms with Crippen molar-refractivity contribution in [3.8, 4) is 11.5 Å². The van der Waals surface area contributed by atoms with Gasteiger partial charge in [0, 0.05) is 32.3 Å². The summed E-state index contributed by atoms with van der Waals surface area (Å²) in [6.07, 6.45) is 3.83. The van der Waals surface area contributed by atoms with Crippen LogP contribution in [0.5, 0.6) is 11.5 Å². The van der Waals surface area contributed by atoms with Crippen molar-refractivity contribution in [3.63, 3.8) is 0 Å². The van der Waals surface area contributed by atoms with Crippen LogP contribution in [0.25, 0.3) is 0 Å². The van der Waals surface area contributed by atoms with E-state index in [-0.39, 0.29) is 36.2 Å². The van der Waals surface area contributed by atoms with Crippen LogP contribution in [0, 0.1) is 12.8 Å². The first kappa shape index (κ1) is 22.0. The van der Waals surface area contributed by atoms with E-state index >= 15 is 0 Å². The van der Waals surface area contributed by atoms with Gasteiger partial charge in [0.1, 0.15) is 0 Å². The highest BCUT2D eigenvalue weighted by Crippen LogP contribution is 2.33. The van der Waals surface area contributed by atoms with Gasteiger partial charge in [0.05, 0.1) is 32.4 Å². The number of halogens is 1. The van der Waals surface area contributed by atoms with E-state index in [1.165, 1.54) is 0 Å². The summed E-state index contributed by atoms with van der Waals surface area (Å²) in [7, 11) is 5.12. The van der Waals surface area contributed by atoms with Crippen molar-refractivity contribution in [2.75, 3.05) is 27.3 Å². The second-order valence-corrected chi connectivity index (χ2v) is 7.11. The molecule has 2 aromatic rings. The molecule has 1 fully saturated rings. The Morgan fingerprint density at radius 1 is 1.29 bits per heavy atom. The summed E-state index contributed by atoms with van der Waals surface area (Å²) in [5, 5.41) is 10.7. The summed E-state index contributed by atoms with van der Waals surface area (Å²) in [6.45, 7) is 5.46. The molecule has 1 aliphatic rings. The molecule has 3 rings (SSSR count). The maximum absolute atomic E-state index is 13.0. The number of aromatic nitrogens is 2. The Morgan fingerprint density at radius 2 is 1.96 bits per heavy atom. The second-order valence-electron chi connectivity index (χ2n) is 7.11. The molecule has 8 heteroatoms. The van der Waals surface area contributed by atoms with Crippen LogP contribution in [0.3, 0.4) is 0 Å². The van der Waals surface area contributed by atoms with E-state index in [0.717, 1.165) is 23.2 Å². The van der Waals surface area contributed by atoms with E-state index in [1.807, 2.05) is 45.4 Å². The molecule has 2 N–H and O–H groups in total. The summed E-state index contributed by atoms with van der Waals surface area (Å²) >= 11 is 0. The topological polar surface area (TPSA) is 77.4 Å². The number of ether oxygens (including phenoxy) is 2. The number of carbonyl (C=O) groups is 1. The van der Waals surface area contributed by atoms with Crippen LogP contribution in [0.4, 0.5) is 0 Å². The van der Waals surface area contributed by atoms with Gasteiger partial charge < -0.3 is 20.1 Å². The number of rotatable bonds is 6. The van der Waals surface area contributed by atoms with Crippen molar-refractivity contribution in [1.29, 1.82) is 0 Å². The van der Waals surface area contributed by atoms with Crippen molar-refractivity contribution >= 4 is 18.3 Å². The molecule has 1 unspecified atom stereocenters. The van der Waals surface area contributed by atoms with Crippen LogP contribution < -0.4 is 20.1 Å². The van der Waals surface area contributed by atoms with E-state index in [2.05, 4.69) is 15.7 Å². The van der Waals surface area contributed by atoms with Crippen LogP contribution in [0.2, 0.25) is 0 Å². The van der Waals surface area contributed by atoms with Crippen molar-refractivity contribution < 1.29 is 14.3 Å². The molecule has 1 saturated heterocycles. The van der Waals surface area contributed by atoms with E-state index in [0.29, 0.717) is 18.0 Å². The average molecular weight is 409 g/mol. The van der Waals surface area contributed by atoms with E-state index in [9.17, 15) is 4.79 Å². The molecule has 1 aromatic heterocycles. The van der Waals surface area contributed by atoms with Crippen molar-refractivity contribution in [2.24, 2.45) is 13.0 Å². The molecular formula is C20H29ClN4O3. The van der Waals surface area contributed by atoms with Gasteiger partial charge in [-0.3, -0.25) is 9.48 Å². The monoisotopic (exact) mass is 408 g/mol. The third kappa shape index (κ3) is 4.42. The van der Waals surface area contributed by atoms with Gasteiger partial charge >= 0.3 is 0 Å². The molecule has 28 heavy (non-hydrogen) atoms. The van der Waals surface area contributed by atoms with Crippen molar-refractivity contribution in [2.45, 2.75) is 25.8 Å². The van der Waals surface area contributed by atoms with Gasteiger partial charge in [0.15, 0.2) is 11.5 Å². The molecule has 1 aromatic carbocycles. The molecule has 0 bridgehead atoms. The molecule has 0 radical (unpaired) electrons. The quantitative estimate of drug-likeness (QED) is 0.767. The molecule has 7 nitrogen and oxygen atoms in total. The second kappa shape index (κ2) is 9.30. The molecule has 2 heterocycles. The fraction of sp³-hybridized carbons (Fsp3) is 0.500. The van der Waals surface area contributed by atoms with E-state index in [1.54, 1.807) is 18.9 Å². The third-order valence-corrected chi connectivity index (χ3v) is 5.30. The largest absolute Gasteiger partial charge is 0.493 e. The highest BCUT2D eigenvalue weighted by atomic mass is 35.5. The molecule has 1 amide bonds. The molecule has 1 aliphatic heterocycles. The lowest BCUT2D eigenvalue weighted by Gasteiger charge is -2.23. The van der Waals surface area contributed by atoms with Crippen LogP contribution in [0.1, 0.15) is 35.6 Å². The van der Waals surface area contributed by atoms with Gasteiger partial charge in [-0.05, 0) is 42.7 Å². The van der Waals surface area contributed by atoms with Crippen LogP contribution in [0.15, 0.2) is 24.5 Å². The van der Waals surface area contributed by atoms with Gasteiger partial charge in [-0.15, -0.1) is 12.4 Å². The highest BCUT2D eigenvalue weighted by Gasteiger charge is 2.35. The zero-order valence-corrected chi connectivity index (χ0v) is 17.8. The predicted octanol–water partition coefficient (Wildman–Crippen LogP) is 2.35. The number of hydrogen-bond donors (Lipinski definition) is 2. The lowest BCUT2D eigenvalue weighted by molar-refractivity contribution is -0.125. The average Bonchev–Trinajstić information content (AvgIpc) is 3.29. The molecule has 154 valence electrons. The number of benzene rings is 1. The van der Waals surface area contributed by atoms with Crippen LogP contribution >= 0.6 is 12.4 Å². The fourth-order valence-electron chi connectivity index (χ4n) is 3.80. The normalized spacial score (nSPS) is 19.6. The van der Waals surface area contributed by atoms with Gasteiger partial charge in [-0.2, -0.15) is 5.10 Å². The Kier molecular flexibility index (Phi) is 7.32. The SMILES string of the molecule is COc1cc(C)c(C(C)NC(=O)[C@H]2CNC[C@@H]2c2cnn(C)c2)cc1OC.Cl. The minimum Gasteiger partial charge on any atom is -0.493 e. The summed E-state index contributed by atoms with van der Waals surface area (Å²) in [5.74, 6) is 1.42. The third-order valence-electron chi connectivity index (χ3n) is 5.30. The first-order chi connectivity index (χ1) is 12.9. The standard InChI is InChI=1S/C20H28N4O3.ClH/c1-12-6-18(26-4)19(27-5)7-15(12)13(2)23-20(25)17-10-21-9-16(17)14-8-22-24(3)11-14;/h6-8,11,13,16-17,21H,9-10H2,1-5H3,(H,23,25);1H/t13?,16-,17+;/m1./s1. The Bertz CT molecular complexity index is 824. The zero-order valence-electron chi connectivity index (χ0n) is 17.0. The minimum absolute atomic E-state index is 0. The number of nitrogens with one attached hydrogen (secondary N) is 2. The Hall–Kier alpha value is -2.25. The zero-order chi connectivity index (χ0) is 19.6. The fourth-order valence-corrected chi connectivity index (χ4v) is 3.80. The first-order valence-electron chi connectivity index (χ1n) is 9.16. The minimum atomic E-state index is -0.132. The highest BCUT2D eigenvalue weighted by molar-refractivity contribution is 5.85. The van der Waals surface area contributed by atoms with Crippen molar-refractivity contribution in [3.05, 3.63) is 41.2 Å². The van der Waals surface area contributed by atoms with Gasteiger partial charge in [-0.1, -0.05) is 0 Å². The number of carbonyl (C=O) groups excluding carboxylic acids is 1. The van der Waals surface area contributed by atoms with E-state index < -0.39 is 0 Å². The summed E-state index contributed by atoms with van der Waals surface area (Å²) in [6, 6.07) is 3.74. The number of aryl methyl sites for hydroxylation is 2. The molecule has 3 atom stereocenters. The molecular weight excluding hydrogens is 380 g/mol. The van der Waals surface area contributed by atoms with E-state index in [4.69, 9.17) is 9.47 Å². The number of nitrogens with zero attached hydrogens (tertiary/aromatic N) is 2. The summed E-state index contributed by atoms with van der Waals surface area (Å²) in [4.78, 5) is 13.0. The number of methoxy groups -OCH3 is 2. The van der Waals surface area contributed by atoms with Gasteiger partial charge in [-0.25, -0.2) is 0 Å². The predicted molar refractivity (Wildman–Crippen MR) is 110 cm³/mol. The maximum atomic E-state index is 13.0. The Labute approximate surface area is 172 Å². The van der Waals surface area contributed by atoms with Gasteiger partial charge in [0.25, 0.3) is 0 Å². The lowest BCUT2D eigenvalue weighted by atomic mass is 9.89. The Balaban J connectivity index is 0.00000280.